The van der Waals surface area contributed by atoms with Crippen molar-refractivity contribution in [1.29, 1.82) is 0 Å². The molecule has 35 heavy (non-hydrogen) atoms. The van der Waals surface area contributed by atoms with Crippen molar-refractivity contribution in [3.63, 3.8) is 0 Å². The number of hydrogen-bond donors (Lipinski definition) is 2. The molecule has 1 heterocycles. The summed E-state index contributed by atoms with van der Waals surface area (Å²) < 4.78 is 10.7. The Morgan fingerprint density at radius 2 is 1.71 bits per heavy atom. The highest BCUT2D eigenvalue weighted by atomic mass is 16.5. The normalized spacial score (nSPS) is 20.0. The predicted molar refractivity (Wildman–Crippen MR) is 130 cm³/mol. The third kappa shape index (κ3) is 4.75. The van der Waals surface area contributed by atoms with Crippen LogP contribution in [0.15, 0.2) is 48.5 Å². The van der Waals surface area contributed by atoms with E-state index in [0.717, 1.165) is 28.7 Å². The predicted octanol–water partition coefficient (Wildman–Crippen LogP) is 3.64. The van der Waals surface area contributed by atoms with Crippen LogP contribution in [0.5, 0.6) is 0 Å². The number of amides is 2. The second-order valence-corrected chi connectivity index (χ2v) is 9.32. The lowest BCUT2D eigenvalue weighted by Gasteiger charge is -2.44. The van der Waals surface area contributed by atoms with Crippen LogP contribution >= 0.6 is 0 Å². The summed E-state index contributed by atoms with van der Waals surface area (Å²) in [5, 5.41) is 12.6. The lowest BCUT2D eigenvalue weighted by molar-refractivity contribution is -0.168. The number of aliphatic carboxylic acids is 1. The first-order chi connectivity index (χ1) is 16.9. The highest BCUT2D eigenvalue weighted by Crippen LogP contribution is 2.44. The minimum absolute atomic E-state index is 0.0502. The van der Waals surface area contributed by atoms with Crippen molar-refractivity contribution in [3.8, 4) is 11.1 Å². The van der Waals surface area contributed by atoms with Gasteiger partial charge >= 0.3 is 12.1 Å². The molecule has 2 aromatic rings. The summed E-state index contributed by atoms with van der Waals surface area (Å²) in [7, 11) is 1.43. The Hall–Kier alpha value is -3.39. The monoisotopic (exact) mass is 480 g/mol. The number of piperidine rings is 1. The molecule has 2 amide bonds. The maximum Gasteiger partial charge on any atom is 0.407 e. The van der Waals surface area contributed by atoms with Crippen molar-refractivity contribution in [2.24, 2.45) is 5.92 Å². The van der Waals surface area contributed by atoms with E-state index in [4.69, 9.17) is 9.47 Å². The van der Waals surface area contributed by atoms with E-state index in [9.17, 15) is 19.5 Å². The van der Waals surface area contributed by atoms with Gasteiger partial charge in [-0.05, 0) is 41.5 Å². The molecule has 8 heteroatoms. The Morgan fingerprint density at radius 1 is 1.09 bits per heavy atom. The van der Waals surface area contributed by atoms with E-state index in [-0.39, 0.29) is 31.6 Å². The number of benzene rings is 2. The van der Waals surface area contributed by atoms with Crippen molar-refractivity contribution in [2.75, 3.05) is 33.4 Å². The molecule has 2 N–H and O–H groups in total. The van der Waals surface area contributed by atoms with E-state index in [1.165, 1.54) is 12.0 Å². The molecule has 1 aliphatic heterocycles. The molecular formula is C27H32N2O6. The number of nitrogens with one attached hydrogen (secondary N) is 1. The number of rotatable bonds is 8. The number of hydrogen-bond acceptors (Lipinski definition) is 5. The molecule has 2 aliphatic rings. The van der Waals surface area contributed by atoms with Gasteiger partial charge in [0, 0.05) is 26.1 Å². The molecule has 1 aliphatic carbocycles. The number of likely N-dealkylation sites (tertiary alicyclic amines) is 1. The number of ether oxygens (including phenoxy) is 2. The lowest BCUT2D eigenvalue weighted by atomic mass is 9.86. The van der Waals surface area contributed by atoms with Crippen LogP contribution in [0.3, 0.4) is 0 Å². The zero-order valence-electron chi connectivity index (χ0n) is 20.2. The van der Waals surface area contributed by atoms with E-state index in [1.807, 2.05) is 24.3 Å². The average Bonchev–Trinajstić information content (AvgIpc) is 3.19. The summed E-state index contributed by atoms with van der Waals surface area (Å²) in [6.45, 7) is 2.20. The number of carboxylic acids is 1. The molecule has 0 saturated carbocycles. The van der Waals surface area contributed by atoms with Gasteiger partial charge in [-0.3, -0.25) is 4.79 Å². The molecule has 2 atom stereocenters. The SMILES string of the molecule is COCC1(C(=O)O)CCCCN1C(=O)C(C)CNC(=O)OCC1c2ccccc2-c2ccccc21. The fraction of sp³-hybridized carbons (Fsp3) is 0.444. The molecule has 0 spiro atoms. The number of carboxylic acid groups (broad SMARTS) is 1. The van der Waals surface area contributed by atoms with Gasteiger partial charge in [0.2, 0.25) is 5.91 Å². The summed E-state index contributed by atoms with van der Waals surface area (Å²) in [5.41, 5.74) is 3.17. The van der Waals surface area contributed by atoms with Crippen molar-refractivity contribution >= 4 is 18.0 Å². The van der Waals surface area contributed by atoms with Gasteiger partial charge in [0.1, 0.15) is 6.61 Å². The van der Waals surface area contributed by atoms with E-state index >= 15 is 0 Å². The van der Waals surface area contributed by atoms with Gasteiger partial charge in [-0.25, -0.2) is 9.59 Å². The Morgan fingerprint density at radius 3 is 2.31 bits per heavy atom. The zero-order valence-corrected chi connectivity index (χ0v) is 20.2. The molecule has 1 saturated heterocycles. The fourth-order valence-electron chi connectivity index (χ4n) is 5.27. The Labute approximate surface area is 205 Å². The molecule has 8 nitrogen and oxygen atoms in total. The Kier molecular flexibility index (Phi) is 7.40. The minimum Gasteiger partial charge on any atom is -0.479 e. The van der Waals surface area contributed by atoms with Crippen molar-refractivity contribution in [2.45, 2.75) is 37.6 Å². The first-order valence-corrected chi connectivity index (χ1v) is 12.0. The zero-order chi connectivity index (χ0) is 25.0. The molecule has 1 fully saturated rings. The number of alkyl carbamates (subject to hydrolysis) is 1. The van der Waals surface area contributed by atoms with Crippen LogP contribution in [0.2, 0.25) is 0 Å². The highest BCUT2D eigenvalue weighted by molar-refractivity contribution is 5.89. The molecular weight excluding hydrogens is 448 g/mol. The number of fused-ring (bicyclic) bond motifs is 3. The number of methoxy groups -OCH3 is 1. The number of nitrogens with zero attached hydrogens (tertiary/aromatic N) is 1. The third-order valence-corrected chi connectivity index (χ3v) is 7.10. The Bertz CT molecular complexity index is 1050. The summed E-state index contributed by atoms with van der Waals surface area (Å²) in [4.78, 5) is 39.2. The maximum absolute atomic E-state index is 13.2. The van der Waals surface area contributed by atoms with Crippen LogP contribution in [0.1, 0.15) is 43.2 Å². The third-order valence-electron chi connectivity index (χ3n) is 7.10. The van der Waals surface area contributed by atoms with Gasteiger partial charge < -0.3 is 24.8 Å². The second-order valence-electron chi connectivity index (χ2n) is 9.32. The van der Waals surface area contributed by atoms with Crippen LogP contribution < -0.4 is 5.32 Å². The largest absolute Gasteiger partial charge is 0.479 e. The molecule has 0 radical (unpaired) electrons. The number of carbonyl (C=O) groups excluding carboxylic acids is 2. The average molecular weight is 481 g/mol. The van der Waals surface area contributed by atoms with Gasteiger partial charge in [0.15, 0.2) is 5.54 Å². The highest BCUT2D eigenvalue weighted by Gasteiger charge is 2.49. The van der Waals surface area contributed by atoms with E-state index in [2.05, 4.69) is 29.6 Å². The lowest BCUT2D eigenvalue weighted by Crippen LogP contribution is -2.63. The van der Waals surface area contributed by atoms with Crippen molar-refractivity contribution in [3.05, 3.63) is 59.7 Å². The second kappa shape index (κ2) is 10.5. The smallest absolute Gasteiger partial charge is 0.407 e. The van der Waals surface area contributed by atoms with Gasteiger partial charge in [-0.1, -0.05) is 55.5 Å². The number of carbonyl (C=O) groups is 3. The molecule has 2 aromatic carbocycles. The first kappa shape index (κ1) is 24.7. The first-order valence-electron chi connectivity index (χ1n) is 12.0. The van der Waals surface area contributed by atoms with Crippen LogP contribution in [0, 0.1) is 5.92 Å². The topological polar surface area (TPSA) is 105 Å². The molecule has 0 aromatic heterocycles. The van der Waals surface area contributed by atoms with Crippen molar-refractivity contribution in [1.82, 2.24) is 10.2 Å². The van der Waals surface area contributed by atoms with E-state index in [0.29, 0.717) is 19.4 Å². The Balaban J connectivity index is 1.35. The molecule has 186 valence electrons. The quantitative estimate of drug-likeness (QED) is 0.598. The minimum atomic E-state index is -1.37. The van der Waals surface area contributed by atoms with Crippen LogP contribution in [-0.2, 0) is 19.1 Å². The van der Waals surface area contributed by atoms with E-state index < -0.39 is 23.5 Å². The maximum atomic E-state index is 13.2. The van der Waals surface area contributed by atoms with Crippen LogP contribution in [0.25, 0.3) is 11.1 Å². The van der Waals surface area contributed by atoms with Crippen molar-refractivity contribution < 1.29 is 29.0 Å². The summed E-state index contributed by atoms with van der Waals surface area (Å²) in [6.07, 6.45) is 1.18. The fourth-order valence-corrected chi connectivity index (χ4v) is 5.27. The van der Waals surface area contributed by atoms with Gasteiger partial charge in [0.25, 0.3) is 0 Å². The van der Waals surface area contributed by atoms with Crippen LogP contribution in [-0.4, -0.2) is 66.9 Å². The van der Waals surface area contributed by atoms with Gasteiger partial charge in [0.05, 0.1) is 12.5 Å². The van der Waals surface area contributed by atoms with Crippen LogP contribution in [0.4, 0.5) is 4.79 Å². The summed E-state index contributed by atoms with van der Waals surface area (Å²) in [6, 6.07) is 16.2. The van der Waals surface area contributed by atoms with Gasteiger partial charge in [-0.15, -0.1) is 0 Å². The van der Waals surface area contributed by atoms with E-state index in [1.54, 1.807) is 6.92 Å². The molecule has 4 rings (SSSR count). The summed E-state index contributed by atoms with van der Waals surface area (Å²) in [5.74, 6) is -2.04. The summed E-state index contributed by atoms with van der Waals surface area (Å²) >= 11 is 0. The van der Waals surface area contributed by atoms with Gasteiger partial charge in [-0.2, -0.15) is 0 Å². The molecule has 2 unspecified atom stereocenters. The molecule has 0 bridgehead atoms. The standard InChI is InChI=1S/C27H32N2O6/c1-18(24(30)29-14-8-7-13-27(29,17-34-2)25(31)32)15-28-26(33)35-16-23-21-11-5-3-9-19(21)20-10-4-6-12-22(20)23/h3-6,9-12,18,23H,7-8,13-17H2,1-2H3,(H,28,33)(H,31,32).